The van der Waals surface area contributed by atoms with Gasteiger partial charge in [0.25, 0.3) is 0 Å². The number of nitrogen functional groups attached to an aromatic ring is 1. The van der Waals surface area contributed by atoms with Crippen LogP contribution >= 0.6 is 0 Å². The summed E-state index contributed by atoms with van der Waals surface area (Å²) in [5.41, 5.74) is 8.94. The van der Waals surface area contributed by atoms with Crippen molar-refractivity contribution in [2.75, 3.05) is 11.1 Å². The van der Waals surface area contributed by atoms with E-state index in [1.807, 2.05) is 43.3 Å². The normalized spacial score (nSPS) is 12.0. The van der Waals surface area contributed by atoms with E-state index in [0.717, 1.165) is 28.4 Å². The first kappa shape index (κ1) is 29.8. The molecular weight excluding hydrogens is 556 g/mol. The van der Waals surface area contributed by atoms with E-state index in [0.29, 0.717) is 28.6 Å². The number of halogens is 4. The van der Waals surface area contributed by atoms with Gasteiger partial charge in [-0.15, -0.1) is 0 Å². The number of rotatable bonds is 6. The van der Waals surface area contributed by atoms with Crippen LogP contribution in [0.2, 0.25) is 0 Å². The van der Waals surface area contributed by atoms with E-state index in [4.69, 9.17) is 20.6 Å². The molecule has 0 saturated carbocycles. The predicted octanol–water partition coefficient (Wildman–Crippen LogP) is 5.85. The number of alkyl halides is 3. The molecular formula is C29H26F4N6O3. The number of anilines is 2. The highest BCUT2D eigenvalue weighted by Gasteiger charge is 2.38. The van der Waals surface area contributed by atoms with Gasteiger partial charge in [-0.25, -0.2) is 19.2 Å². The van der Waals surface area contributed by atoms with Crippen molar-refractivity contribution in [1.29, 1.82) is 0 Å². The number of carboxylic acid groups (broad SMARTS) is 1. The van der Waals surface area contributed by atoms with Gasteiger partial charge < -0.3 is 21.3 Å². The molecule has 13 heteroatoms. The van der Waals surface area contributed by atoms with Crippen LogP contribution in [0.15, 0.2) is 72.9 Å². The molecule has 3 aromatic carbocycles. The van der Waals surface area contributed by atoms with E-state index in [1.54, 1.807) is 42.2 Å². The zero-order chi connectivity index (χ0) is 30.6. The second-order valence-electron chi connectivity index (χ2n) is 9.19. The van der Waals surface area contributed by atoms with Crippen LogP contribution in [-0.4, -0.2) is 42.1 Å². The Balaban J connectivity index is 0.000000517. The number of aromatic hydroxyl groups is 1. The van der Waals surface area contributed by atoms with Gasteiger partial charge in [0.1, 0.15) is 23.4 Å². The molecule has 0 saturated heterocycles. The van der Waals surface area contributed by atoms with Crippen molar-refractivity contribution in [3.8, 4) is 17.1 Å². The molecule has 0 aliphatic carbocycles. The smallest absolute Gasteiger partial charge is 0.490 e. The summed E-state index contributed by atoms with van der Waals surface area (Å²) < 4.78 is 48.6. The Hall–Kier alpha value is -5.20. The van der Waals surface area contributed by atoms with Gasteiger partial charge in [-0.1, -0.05) is 31.2 Å². The number of fused-ring (bicyclic) bond motifs is 1. The monoisotopic (exact) mass is 582 g/mol. The number of aromatic nitrogens is 4. The predicted molar refractivity (Wildman–Crippen MR) is 149 cm³/mol. The number of nitrogens with zero attached hydrogens (tertiary/aromatic N) is 4. The largest absolute Gasteiger partial charge is 0.508 e. The van der Waals surface area contributed by atoms with E-state index in [-0.39, 0.29) is 11.6 Å². The minimum absolute atomic E-state index is 0.123. The molecule has 1 unspecified atom stereocenters. The third-order valence-electron chi connectivity index (χ3n) is 6.29. The maximum absolute atomic E-state index is 15.2. The lowest BCUT2D eigenvalue weighted by Gasteiger charge is -2.21. The van der Waals surface area contributed by atoms with Gasteiger partial charge in [-0.3, -0.25) is 4.68 Å². The van der Waals surface area contributed by atoms with Crippen LogP contribution in [0.1, 0.15) is 29.9 Å². The number of nitrogens with two attached hydrogens (primary N) is 1. The summed E-state index contributed by atoms with van der Waals surface area (Å²) in [6, 6.07) is 18.9. The second kappa shape index (κ2) is 12.1. The van der Waals surface area contributed by atoms with E-state index in [9.17, 15) is 18.3 Å². The zero-order valence-electron chi connectivity index (χ0n) is 22.4. The van der Waals surface area contributed by atoms with Crippen LogP contribution in [0.4, 0.5) is 29.1 Å². The fourth-order valence-corrected chi connectivity index (χ4v) is 4.19. The van der Waals surface area contributed by atoms with Gasteiger partial charge in [-0.05, 0) is 59.8 Å². The van der Waals surface area contributed by atoms with Crippen LogP contribution in [0.3, 0.4) is 0 Å². The van der Waals surface area contributed by atoms with Gasteiger partial charge >= 0.3 is 12.1 Å². The number of carbonyl (C=O) groups is 1. The molecule has 9 nitrogen and oxygen atoms in total. The average Bonchev–Trinajstić information content (AvgIpc) is 3.33. The van der Waals surface area contributed by atoms with Crippen molar-refractivity contribution < 1.29 is 32.6 Å². The maximum Gasteiger partial charge on any atom is 0.490 e. The summed E-state index contributed by atoms with van der Waals surface area (Å²) in [6.45, 7) is 2.03. The Kier molecular flexibility index (Phi) is 8.59. The number of phenols is 1. The Morgan fingerprint density at radius 3 is 2.50 bits per heavy atom. The van der Waals surface area contributed by atoms with E-state index >= 15 is 4.39 Å². The number of hydrogen-bond donors (Lipinski definition) is 4. The van der Waals surface area contributed by atoms with Crippen molar-refractivity contribution in [2.45, 2.75) is 25.6 Å². The van der Waals surface area contributed by atoms with Gasteiger partial charge in [0.2, 0.25) is 0 Å². The summed E-state index contributed by atoms with van der Waals surface area (Å²) >= 11 is 0. The summed E-state index contributed by atoms with van der Waals surface area (Å²) in [6.07, 6.45) is -2.65. The molecule has 2 heterocycles. The van der Waals surface area contributed by atoms with E-state index < -0.39 is 18.2 Å². The average molecular weight is 583 g/mol. The van der Waals surface area contributed by atoms with Crippen LogP contribution in [0.5, 0.6) is 5.75 Å². The summed E-state index contributed by atoms with van der Waals surface area (Å²) in [5.74, 6) is -1.54. The third kappa shape index (κ3) is 6.74. The molecule has 2 aromatic heterocycles. The fourth-order valence-electron chi connectivity index (χ4n) is 4.19. The van der Waals surface area contributed by atoms with Gasteiger partial charge in [0.05, 0.1) is 0 Å². The second-order valence-corrected chi connectivity index (χ2v) is 9.19. The number of phenolic OH excluding ortho intramolecular Hbond substituents is 1. The molecule has 0 radical (unpaired) electrons. The van der Waals surface area contributed by atoms with E-state index in [2.05, 4.69) is 15.4 Å². The number of aryl methyl sites for hydroxylation is 2. The van der Waals surface area contributed by atoms with Crippen molar-refractivity contribution in [3.63, 3.8) is 0 Å². The highest BCUT2D eigenvalue weighted by atomic mass is 19.4. The standard InChI is InChI=1S/C27H25FN6O.C2HF3O2/c1-3-16-7-10-23(28)22(13-16)24(31-19-8-9-21-17(14-19)11-12-30-25(21)29)27-32-26(33-34(27)2)18-5-4-6-20(35)15-18;3-2(4,5)1(6)7/h4-15,24,31,35H,3H2,1-2H3,(H2,29,30);(H,6,7). The Morgan fingerprint density at radius 2 is 1.83 bits per heavy atom. The lowest BCUT2D eigenvalue weighted by atomic mass is 10.0. The summed E-state index contributed by atoms with van der Waals surface area (Å²) in [5, 5.41) is 26.8. The summed E-state index contributed by atoms with van der Waals surface area (Å²) in [7, 11) is 1.78. The van der Waals surface area contributed by atoms with Crippen LogP contribution in [0.25, 0.3) is 22.2 Å². The molecule has 218 valence electrons. The molecule has 0 spiro atoms. The molecule has 1 atom stereocenters. The molecule has 5 N–H and O–H groups in total. The van der Waals surface area contributed by atoms with Crippen LogP contribution in [0, 0.1) is 5.82 Å². The SMILES string of the molecule is CCc1ccc(F)c(C(Nc2ccc3c(N)nccc3c2)c2nc(-c3cccc(O)c3)nn2C)c1.O=C(O)C(F)(F)F. The van der Waals surface area contributed by atoms with Crippen molar-refractivity contribution in [2.24, 2.45) is 7.05 Å². The first-order valence-electron chi connectivity index (χ1n) is 12.6. The van der Waals surface area contributed by atoms with Crippen molar-refractivity contribution >= 4 is 28.2 Å². The molecule has 0 bridgehead atoms. The molecule has 0 aliphatic rings. The first-order chi connectivity index (χ1) is 19.9. The number of benzene rings is 3. The lowest BCUT2D eigenvalue weighted by molar-refractivity contribution is -0.192. The summed E-state index contributed by atoms with van der Waals surface area (Å²) in [4.78, 5) is 17.8. The number of carboxylic acids is 1. The highest BCUT2D eigenvalue weighted by molar-refractivity contribution is 5.93. The van der Waals surface area contributed by atoms with Gasteiger partial charge in [0, 0.05) is 35.4 Å². The Labute approximate surface area is 237 Å². The first-order valence-corrected chi connectivity index (χ1v) is 12.6. The highest BCUT2D eigenvalue weighted by Crippen LogP contribution is 2.32. The quantitative estimate of drug-likeness (QED) is 0.183. The van der Waals surface area contributed by atoms with Crippen LogP contribution in [-0.2, 0) is 18.3 Å². The number of aliphatic carboxylic acids is 1. The molecule has 42 heavy (non-hydrogen) atoms. The Morgan fingerprint density at radius 1 is 1.10 bits per heavy atom. The minimum atomic E-state index is -5.08. The molecule has 0 aliphatic heterocycles. The molecule has 0 amide bonds. The van der Waals surface area contributed by atoms with Gasteiger partial charge in [-0.2, -0.15) is 18.3 Å². The Bertz CT molecular complexity index is 1740. The number of nitrogens with one attached hydrogen (secondary N) is 1. The zero-order valence-corrected chi connectivity index (χ0v) is 22.4. The van der Waals surface area contributed by atoms with Gasteiger partial charge in [0.15, 0.2) is 11.6 Å². The number of hydrogen-bond acceptors (Lipinski definition) is 7. The van der Waals surface area contributed by atoms with E-state index in [1.165, 1.54) is 6.07 Å². The fraction of sp³-hybridized carbons (Fsp3) is 0.172. The molecule has 5 aromatic rings. The number of pyridine rings is 1. The van der Waals surface area contributed by atoms with Crippen molar-refractivity contribution in [1.82, 2.24) is 19.7 Å². The lowest BCUT2D eigenvalue weighted by Crippen LogP contribution is -2.21. The van der Waals surface area contributed by atoms with Crippen molar-refractivity contribution in [3.05, 3.63) is 95.7 Å². The third-order valence-corrected chi connectivity index (χ3v) is 6.29. The minimum Gasteiger partial charge on any atom is -0.508 e. The molecule has 5 rings (SSSR count). The maximum atomic E-state index is 15.2. The topological polar surface area (TPSA) is 139 Å². The molecule has 0 fully saturated rings. The van der Waals surface area contributed by atoms with Crippen LogP contribution < -0.4 is 11.1 Å².